The number of nitrogens with one attached hydrogen (secondary N) is 2. The standard InChI is InChI=1S/C28H31N7O4/c1-5-22(38)35-12-10-17(14-35)30-26-23-19(9-11-29-25(23)32-33-26)18-8-6-7-16(20(18)15-36)13-21(37)24-31-27(39-34-24)28(2,3)4/h5-9,11,17,36H,1,10,12-15H2,2-4H3,(H2,29,30,32,33)/t17-/m1/s1. The molecule has 3 aromatic heterocycles. The van der Waals surface area contributed by atoms with Crippen LogP contribution in [0.5, 0.6) is 0 Å². The first-order valence-corrected chi connectivity index (χ1v) is 12.8. The molecule has 0 unspecified atom stereocenters. The Labute approximate surface area is 225 Å². The van der Waals surface area contributed by atoms with E-state index in [0.717, 1.165) is 22.9 Å². The Morgan fingerprint density at radius 1 is 1.28 bits per heavy atom. The van der Waals surface area contributed by atoms with Gasteiger partial charge >= 0.3 is 0 Å². The number of hydrogen-bond acceptors (Lipinski definition) is 9. The molecule has 0 radical (unpaired) electrons. The van der Waals surface area contributed by atoms with Gasteiger partial charge in [0.15, 0.2) is 11.5 Å². The number of fused-ring (bicyclic) bond motifs is 1. The maximum absolute atomic E-state index is 13.0. The van der Waals surface area contributed by atoms with E-state index < -0.39 is 0 Å². The predicted molar refractivity (Wildman–Crippen MR) is 145 cm³/mol. The number of hydrogen-bond donors (Lipinski definition) is 3. The number of amides is 1. The van der Waals surface area contributed by atoms with Crippen LogP contribution in [-0.4, -0.2) is 66.2 Å². The van der Waals surface area contributed by atoms with Crippen molar-refractivity contribution in [2.75, 3.05) is 18.4 Å². The number of H-pyrrole nitrogens is 1. The largest absolute Gasteiger partial charge is 0.392 e. The zero-order chi connectivity index (χ0) is 27.7. The molecule has 0 spiro atoms. The fourth-order valence-corrected chi connectivity index (χ4v) is 4.81. The molecule has 0 aliphatic carbocycles. The third kappa shape index (κ3) is 5.17. The molecule has 4 aromatic rings. The smallest absolute Gasteiger partial charge is 0.246 e. The Bertz CT molecular complexity index is 1550. The minimum atomic E-state index is -0.372. The predicted octanol–water partition coefficient (Wildman–Crippen LogP) is 3.42. The monoisotopic (exact) mass is 529 g/mol. The second-order valence-corrected chi connectivity index (χ2v) is 10.6. The van der Waals surface area contributed by atoms with Gasteiger partial charge in [-0.05, 0) is 40.8 Å². The fraction of sp³-hybridized carbons (Fsp3) is 0.357. The van der Waals surface area contributed by atoms with Crippen LogP contribution in [0.3, 0.4) is 0 Å². The lowest BCUT2D eigenvalue weighted by molar-refractivity contribution is -0.125. The van der Waals surface area contributed by atoms with Gasteiger partial charge in [-0.2, -0.15) is 10.1 Å². The second kappa shape index (κ2) is 10.4. The molecule has 1 aliphatic heterocycles. The summed E-state index contributed by atoms with van der Waals surface area (Å²) in [5, 5.41) is 25.9. The second-order valence-electron chi connectivity index (χ2n) is 10.6. The van der Waals surface area contributed by atoms with Crippen molar-refractivity contribution in [1.29, 1.82) is 0 Å². The SMILES string of the molecule is C=CC(=O)N1CC[C@@H](Nc2n[nH]c3nccc(-c4cccc(CC(=O)c5noc(C(C)(C)C)n5)c4CO)c23)C1. The molecule has 39 heavy (non-hydrogen) atoms. The van der Waals surface area contributed by atoms with Crippen molar-refractivity contribution in [3.63, 3.8) is 0 Å². The molecule has 0 saturated carbocycles. The van der Waals surface area contributed by atoms with E-state index in [4.69, 9.17) is 4.52 Å². The maximum Gasteiger partial charge on any atom is 0.246 e. The van der Waals surface area contributed by atoms with Gasteiger partial charge in [0.25, 0.3) is 0 Å². The number of carbonyl (C=O) groups is 2. The van der Waals surface area contributed by atoms with Crippen molar-refractivity contribution < 1.29 is 19.2 Å². The Morgan fingerprint density at radius 3 is 2.82 bits per heavy atom. The molecule has 1 aromatic carbocycles. The summed E-state index contributed by atoms with van der Waals surface area (Å²) in [5.41, 5.74) is 3.06. The molecule has 11 nitrogen and oxygen atoms in total. The number of aliphatic hydroxyl groups is 1. The van der Waals surface area contributed by atoms with Gasteiger partial charge in [-0.25, -0.2) is 4.98 Å². The molecule has 4 heterocycles. The molecular formula is C28H31N7O4. The van der Waals surface area contributed by atoms with Crippen LogP contribution < -0.4 is 5.32 Å². The minimum absolute atomic E-state index is 0.00676. The van der Waals surface area contributed by atoms with Crippen LogP contribution in [0.1, 0.15) is 54.8 Å². The number of aromatic amines is 1. The third-order valence-electron chi connectivity index (χ3n) is 6.87. The van der Waals surface area contributed by atoms with Gasteiger partial charge in [0, 0.05) is 37.2 Å². The molecule has 1 fully saturated rings. The number of benzene rings is 1. The van der Waals surface area contributed by atoms with Gasteiger partial charge in [-0.3, -0.25) is 14.7 Å². The number of pyridine rings is 1. The summed E-state index contributed by atoms with van der Waals surface area (Å²) >= 11 is 0. The fourth-order valence-electron chi connectivity index (χ4n) is 4.81. The first-order valence-electron chi connectivity index (χ1n) is 12.8. The van der Waals surface area contributed by atoms with E-state index in [1.807, 2.05) is 45.0 Å². The topological polar surface area (TPSA) is 150 Å². The van der Waals surface area contributed by atoms with Gasteiger partial charge in [0.1, 0.15) is 0 Å². The van der Waals surface area contributed by atoms with E-state index in [0.29, 0.717) is 41.6 Å². The summed E-state index contributed by atoms with van der Waals surface area (Å²) < 4.78 is 5.29. The first-order chi connectivity index (χ1) is 18.7. The maximum atomic E-state index is 13.0. The highest BCUT2D eigenvalue weighted by Gasteiger charge is 2.27. The molecular weight excluding hydrogens is 498 g/mol. The van der Waals surface area contributed by atoms with Crippen molar-refractivity contribution >= 4 is 28.5 Å². The molecule has 11 heteroatoms. The van der Waals surface area contributed by atoms with Crippen LogP contribution >= 0.6 is 0 Å². The minimum Gasteiger partial charge on any atom is -0.392 e. The van der Waals surface area contributed by atoms with Crippen LogP contribution in [0.2, 0.25) is 0 Å². The highest BCUT2D eigenvalue weighted by Crippen LogP contribution is 2.35. The van der Waals surface area contributed by atoms with Crippen molar-refractivity contribution in [2.45, 2.75) is 51.7 Å². The average molecular weight is 530 g/mol. The number of aromatic nitrogens is 5. The van der Waals surface area contributed by atoms with Crippen LogP contribution in [0.15, 0.2) is 47.6 Å². The summed E-state index contributed by atoms with van der Waals surface area (Å²) in [4.78, 5) is 35.5. The Hall–Kier alpha value is -4.38. The number of aliphatic hydroxyl groups excluding tert-OH is 1. The van der Waals surface area contributed by atoms with Crippen molar-refractivity contribution in [1.82, 2.24) is 30.2 Å². The van der Waals surface area contributed by atoms with Crippen molar-refractivity contribution in [3.8, 4) is 11.1 Å². The third-order valence-corrected chi connectivity index (χ3v) is 6.87. The highest BCUT2D eigenvalue weighted by molar-refractivity contribution is 6.01. The van der Waals surface area contributed by atoms with E-state index in [1.54, 1.807) is 11.1 Å². The van der Waals surface area contributed by atoms with Crippen LogP contribution in [-0.2, 0) is 23.2 Å². The summed E-state index contributed by atoms with van der Waals surface area (Å²) in [5.74, 6) is 0.620. The average Bonchev–Trinajstić information content (AvgIpc) is 3.68. The zero-order valence-electron chi connectivity index (χ0n) is 22.2. The van der Waals surface area contributed by atoms with Crippen LogP contribution in [0.25, 0.3) is 22.2 Å². The number of likely N-dealkylation sites (tertiary alicyclic amines) is 1. The molecule has 5 rings (SSSR count). The molecule has 1 amide bonds. The Kier molecular flexibility index (Phi) is 7.00. The first kappa shape index (κ1) is 26.2. The van der Waals surface area contributed by atoms with Gasteiger partial charge in [-0.1, -0.05) is 50.7 Å². The zero-order valence-corrected chi connectivity index (χ0v) is 22.2. The van der Waals surface area contributed by atoms with Gasteiger partial charge in [0.05, 0.1) is 12.0 Å². The van der Waals surface area contributed by atoms with Crippen molar-refractivity contribution in [2.24, 2.45) is 0 Å². The molecule has 1 atom stereocenters. The Balaban J connectivity index is 1.46. The lowest BCUT2D eigenvalue weighted by atomic mass is 9.92. The molecule has 0 bridgehead atoms. The lowest BCUT2D eigenvalue weighted by Gasteiger charge is -2.16. The van der Waals surface area contributed by atoms with E-state index in [-0.39, 0.29) is 42.0 Å². The van der Waals surface area contributed by atoms with Gasteiger partial charge in [0.2, 0.25) is 23.4 Å². The van der Waals surface area contributed by atoms with E-state index in [2.05, 4.69) is 37.2 Å². The van der Waals surface area contributed by atoms with Gasteiger partial charge < -0.3 is 19.8 Å². The molecule has 3 N–H and O–H groups in total. The number of Topliss-reactive ketones (excluding diaryl/α,β-unsaturated/α-hetero) is 1. The highest BCUT2D eigenvalue weighted by atomic mass is 16.5. The number of nitrogens with zero attached hydrogens (tertiary/aromatic N) is 5. The number of anilines is 1. The summed E-state index contributed by atoms with van der Waals surface area (Å²) in [7, 11) is 0. The van der Waals surface area contributed by atoms with Gasteiger partial charge in [-0.15, -0.1) is 0 Å². The summed E-state index contributed by atoms with van der Waals surface area (Å²) in [6.07, 6.45) is 3.78. The number of rotatable bonds is 8. The van der Waals surface area contributed by atoms with E-state index in [9.17, 15) is 14.7 Å². The van der Waals surface area contributed by atoms with E-state index in [1.165, 1.54) is 6.08 Å². The Morgan fingerprint density at radius 2 is 2.10 bits per heavy atom. The summed E-state index contributed by atoms with van der Waals surface area (Å²) in [6, 6.07) is 7.44. The molecule has 1 saturated heterocycles. The number of ketones is 1. The molecule has 1 aliphatic rings. The summed E-state index contributed by atoms with van der Waals surface area (Å²) in [6.45, 7) is 10.3. The van der Waals surface area contributed by atoms with Crippen molar-refractivity contribution in [3.05, 3.63) is 66.0 Å². The normalized spacial score (nSPS) is 15.6. The van der Waals surface area contributed by atoms with Crippen LogP contribution in [0, 0.1) is 0 Å². The van der Waals surface area contributed by atoms with Crippen LogP contribution in [0.4, 0.5) is 5.82 Å². The quantitative estimate of drug-likeness (QED) is 0.230. The van der Waals surface area contributed by atoms with E-state index >= 15 is 0 Å². The number of carbonyl (C=O) groups excluding carboxylic acids is 2. The lowest BCUT2D eigenvalue weighted by Crippen LogP contribution is -2.30. The molecule has 202 valence electrons.